The molecule has 1 rings (SSSR count). The first-order valence-corrected chi connectivity index (χ1v) is 3.90. The molecule has 0 N–H and O–H groups in total. The Labute approximate surface area is 70.8 Å². The van der Waals surface area contributed by atoms with Gasteiger partial charge in [0.25, 0.3) is 0 Å². The van der Waals surface area contributed by atoms with Crippen molar-refractivity contribution >= 4 is 5.78 Å². The van der Waals surface area contributed by atoms with Crippen molar-refractivity contribution in [3.05, 3.63) is 0 Å². The number of carbonyl (C=O) groups is 1. The molecule has 1 fully saturated rings. The minimum absolute atomic E-state index is 0.182. The number of hydrogen-bond donors (Lipinski definition) is 0. The fourth-order valence-corrected chi connectivity index (χ4v) is 1.24. The van der Waals surface area contributed by atoms with E-state index in [1.54, 1.807) is 11.8 Å². The van der Waals surface area contributed by atoms with Crippen LogP contribution in [0.1, 0.15) is 9.67 Å². The molecule has 0 aromatic heterocycles. The molecule has 3 heteroatoms. The van der Waals surface area contributed by atoms with Crippen LogP contribution in [0.15, 0.2) is 0 Å². The maximum atomic E-state index is 10.8. The van der Waals surface area contributed by atoms with Gasteiger partial charge in [0, 0.05) is 28.9 Å². The van der Waals surface area contributed by atoms with Crippen molar-refractivity contribution < 1.29 is 7.54 Å². The predicted molar refractivity (Wildman–Crippen MR) is 44.6 cm³/mol. The molecule has 3 nitrogen and oxygen atoms in total. The van der Waals surface area contributed by atoms with E-state index in [9.17, 15) is 4.79 Å². The van der Waals surface area contributed by atoms with Crippen LogP contribution in [0, 0.1) is 0 Å². The highest BCUT2D eigenvalue weighted by atomic mass is 16.1. The molecule has 0 radical (unpaired) electrons. The summed E-state index contributed by atoms with van der Waals surface area (Å²) in [6, 6.07) is 0. The standard InChI is InChI=1S/C8H16N2O/c1-8(11)7-10-5-3-9(2)4-6-10/h3-7H2,1-2H3/i2D2. The minimum Gasteiger partial charge on any atom is -0.304 e. The van der Waals surface area contributed by atoms with Gasteiger partial charge in [-0.1, -0.05) is 0 Å². The Hall–Kier alpha value is -0.410. The second-order valence-corrected chi connectivity index (χ2v) is 3.01. The molecule has 0 saturated carbocycles. The van der Waals surface area contributed by atoms with Crippen molar-refractivity contribution in [1.82, 2.24) is 9.80 Å². The fourth-order valence-electron chi connectivity index (χ4n) is 1.24. The number of likely N-dealkylation sites (N-methyl/N-ethyl adjacent to an activating group) is 1. The Morgan fingerprint density at radius 1 is 1.45 bits per heavy atom. The summed E-state index contributed by atoms with van der Waals surface area (Å²) in [5.74, 6) is 0.182. The normalized spacial score (nSPS) is 24.9. The van der Waals surface area contributed by atoms with Gasteiger partial charge in [0.1, 0.15) is 5.78 Å². The highest BCUT2D eigenvalue weighted by Crippen LogP contribution is 1.97. The van der Waals surface area contributed by atoms with Crippen molar-refractivity contribution in [2.24, 2.45) is 0 Å². The smallest absolute Gasteiger partial charge is 0.143 e. The Morgan fingerprint density at radius 3 is 2.55 bits per heavy atom. The lowest BCUT2D eigenvalue weighted by Crippen LogP contribution is -2.45. The topological polar surface area (TPSA) is 23.6 Å². The van der Waals surface area contributed by atoms with Crippen LogP contribution in [-0.2, 0) is 4.79 Å². The zero-order chi connectivity index (χ0) is 9.84. The van der Waals surface area contributed by atoms with Crippen LogP contribution in [0.2, 0.25) is 0 Å². The lowest BCUT2D eigenvalue weighted by atomic mass is 10.3. The van der Waals surface area contributed by atoms with Gasteiger partial charge >= 0.3 is 0 Å². The minimum atomic E-state index is -0.862. The second kappa shape index (κ2) is 3.83. The third kappa shape index (κ3) is 2.99. The number of rotatable bonds is 2. The lowest BCUT2D eigenvalue weighted by Gasteiger charge is -2.31. The molecule has 11 heavy (non-hydrogen) atoms. The molecule has 0 aliphatic carbocycles. The van der Waals surface area contributed by atoms with Crippen LogP contribution in [0.3, 0.4) is 0 Å². The number of carbonyl (C=O) groups excluding carboxylic acids is 1. The molecule has 0 unspecified atom stereocenters. The van der Waals surface area contributed by atoms with Crippen LogP contribution < -0.4 is 0 Å². The summed E-state index contributed by atoms with van der Waals surface area (Å²) in [6.45, 7) is 4.29. The molecule has 1 heterocycles. The first-order valence-electron chi connectivity index (χ1n) is 5.05. The van der Waals surface area contributed by atoms with Gasteiger partial charge in [0.05, 0.1) is 6.54 Å². The molecule has 0 spiro atoms. The molecular formula is C8H16N2O. The van der Waals surface area contributed by atoms with Crippen molar-refractivity contribution in [1.29, 1.82) is 0 Å². The van der Waals surface area contributed by atoms with Gasteiger partial charge < -0.3 is 4.90 Å². The van der Waals surface area contributed by atoms with E-state index in [0.29, 0.717) is 6.54 Å². The first-order chi connectivity index (χ1) is 6.09. The quantitative estimate of drug-likeness (QED) is 0.557. The molecule has 0 bridgehead atoms. The van der Waals surface area contributed by atoms with Crippen LogP contribution in [0.4, 0.5) is 0 Å². The van der Waals surface area contributed by atoms with Gasteiger partial charge in [0.2, 0.25) is 0 Å². The van der Waals surface area contributed by atoms with E-state index >= 15 is 0 Å². The largest absolute Gasteiger partial charge is 0.304 e. The van der Waals surface area contributed by atoms with Crippen LogP contribution in [0.5, 0.6) is 0 Å². The van der Waals surface area contributed by atoms with Crippen molar-refractivity contribution in [2.45, 2.75) is 6.92 Å². The van der Waals surface area contributed by atoms with Crippen molar-refractivity contribution in [3.63, 3.8) is 0 Å². The number of piperazine rings is 1. The fraction of sp³-hybridized carbons (Fsp3) is 0.875. The summed E-state index contributed by atoms with van der Waals surface area (Å²) in [6.07, 6.45) is 0. The average Bonchev–Trinajstić information content (AvgIpc) is 2.04. The molecule has 1 aliphatic rings. The molecule has 0 aromatic carbocycles. The highest BCUT2D eigenvalue weighted by molar-refractivity contribution is 5.77. The number of Topliss-reactive ketones (excluding diaryl/α,β-unsaturated/α-hetero) is 1. The van der Waals surface area contributed by atoms with Crippen molar-refractivity contribution in [2.75, 3.05) is 39.7 Å². The third-order valence-corrected chi connectivity index (χ3v) is 1.85. The Kier molecular flexibility index (Phi) is 2.14. The molecule has 0 aromatic rings. The van der Waals surface area contributed by atoms with E-state index in [2.05, 4.69) is 4.90 Å². The third-order valence-electron chi connectivity index (χ3n) is 1.85. The molecule has 0 atom stereocenters. The predicted octanol–water partition coefficient (Wildman–Crippen LogP) is -0.177. The molecule has 64 valence electrons. The zero-order valence-electron chi connectivity index (χ0n) is 8.92. The van der Waals surface area contributed by atoms with Gasteiger partial charge in [-0.25, -0.2) is 0 Å². The highest BCUT2D eigenvalue weighted by Gasteiger charge is 2.13. The van der Waals surface area contributed by atoms with E-state index in [1.165, 1.54) is 0 Å². The van der Waals surface area contributed by atoms with Crippen molar-refractivity contribution in [3.8, 4) is 0 Å². The monoisotopic (exact) mass is 158 g/mol. The van der Waals surface area contributed by atoms with Gasteiger partial charge in [-0.3, -0.25) is 9.69 Å². The number of hydrogen-bond acceptors (Lipinski definition) is 3. The summed E-state index contributed by atoms with van der Waals surface area (Å²) >= 11 is 0. The molecular weight excluding hydrogens is 140 g/mol. The zero-order valence-corrected chi connectivity index (χ0v) is 6.92. The van der Waals surface area contributed by atoms with Gasteiger partial charge in [0.15, 0.2) is 0 Å². The summed E-state index contributed by atoms with van der Waals surface area (Å²) in [7, 11) is 0. The van der Waals surface area contributed by atoms with E-state index in [1.807, 2.05) is 0 Å². The van der Waals surface area contributed by atoms with E-state index < -0.39 is 7.00 Å². The van der Waals surface area contributed by atoms with Crippen LogP contribution >= 0.6 is 0 Å². The van der Waals surface area contributed by atoms with E-state index in [-0.39, 0.29) is 5.78 Å². The second-order valence-electron chi connectivity index (χ2n) is 3.01. The summed E-state index contributed by atoms with van der Waals surface area (Å²) in [4.78, 5) is 14.7. The Balaban J connectivity index is 2.26. The van der Waals surface area contributed by atoms with Gasteiger partial charge in [-0.2, -0.15) is 0 Å². The Morgan fingerprint density at radius 2 is 2.09 bits per heavy atom. The number of ketones is 1. The number of nitrogens with zero attached hydrogens (tertiary/aromatic N) is 2. The lowest BCUT2D eigenvalue weighted by molar-refractivity contribution is -0.118. The molecule has 0 amide bonds. The van der Waals surface area contributed by atoms with E-state index in [4.69, 9.17) is 2.74 Å². The van der Waals surface area contributed by atoms with Crippen LogP contribution in [-0.4, -0.2) is 55.3 Å². The summed E-state index contributed by atoms with van der Waals surface area (Å²) in [5.41, 5.74) is 0. The first kappa shape index (κ1) is 6.14. The molecule has 1 aliphatic heterocycles. The maximum Gasteiger partial charge on any atom is 0.143 e. The molecule has 1 saturated heterocycles. The summed E-state index contributed by atoms with van der Waals surface area (Å²) in [5, 5.41) is 0. The average molecular weight is 158 g/mol. The maximum absolute atomic E-state index is 10.8. The van der Waals surface area contributed by atoms with E-state index in [0.717, 1.165) is 26.2 Å². The van der Waals surface area contributed by atoms with Gasteiger partial charge in [-0.15, -0.1) is 0 Å². The summed E-state index contributed by atoms with van der Waals surface area (Å²) < 4.78 is 14.4. The Bertz CT molecular complexity index is 179. The SMILES string of the molecule is [2H]C([2H])N1CCN(CC(C)=O)CC1. The van der Waals surface area contributed by atoms with Crippen LogP contribution in [0.25, 0.3) is 0 Å². The van der Waals surface area contributed by atoms with Gasteiger partial charge in [-0.05, 0) is 13.9 Å².